The van der Waals surface area contributed by atoms with Crippen LogP contribution in [0.4, 0.5) is 0 Å². The molecule has 0 heterocycles. The Morgan fingerprint density at radius 2 is 0.812 bits per heavy atom. The Balaban J connectivity index is 2.33. The number of phosphoric ester groups is 1. The van der Waals surface area contributed by atoms with Gasteiger partial charge in [-0.15, -0.1) is 0 Å². The van der Waals surface area contributed by atoms with Crippen LogP contribution in [0.2, 0.25) is 0 Å². The molecule has 0 saturated heterocycles. The van der Waals surface area contributed by atoms with E-state index < -0.39 is 63.1 Å². The van der Waals surface area contributed by atoms with Gasteiger partial charge < -0.3 is 39.9 Å². The molecule has 0 bridgehead atoms. The Morgan fingerprint density at radius 1 is 0.464 bits per heavy atom. The number of hydrogen-bond acceptors (Lipinski definition) is 11. The minimum Gasteiger partial charge on any atom is -0.457 e. The summed E-state index contributed by atoms with van der Waals surface area (Å²) in [6, 6.07) is 0. The first kappa shape index (κ1) is 65.1. The third-order valence-electron chi connectivity index (χ3n) is 12.6. The summed E-state index contributed by atoms with van der Waals surface area (Å²) in [4.78, 5) is 23.3. The van der Waals surface area contributed by atoms with E-state index in [1.165, 1.54) is 116 Å². The van der Waals surface area contributed by atoms with Gasteiger partial charge in [0.25, 0.3) is 0 Å². The summed E-state index contributed by atoms with van der Waals surface area (Å²) in [5.41, 5.74) is 0. The van der Waals surface area contributed by atoms with Gasteiger partial charge in [-0.05, 0) is 83.5 Å². The Kier molecular flexibility index (Phi) is 43.2. The summed E-state index contributed by atoms with van der Waals surface area (Å²) >= 11 is 0. The molecule has 6 atom stereocenters. The van der Waals surface area contributed by atoms with E-state index in [0.29, 0.717) is 13.0 Å². The molecule has 69 heavy (non-hydrogen) atoms. The number of aliphatic hydroxyl groups is 5. The maximum atomic E-state index is 12.9. The Hall–Kier alpha value is -1.96. The first-order valence-electron chi connectivity index (χ1n) is 27.6. The van der Waals surface area contributed by atoms with Crippen LogP contribution in [0.5, 0.6) is 0 Å². The van der Waals surface area contributed by atoms with Crippen molar-refractivity contribution >= 4 is 13.8 Å². The van der Waals surface area contributed by atoms with E-state index in [0.717, 1.165) is 83.5 Å². The van der Waals surface area contributed by atoms with Gasteiger partial charge in [0.15, 0.2) is 0 Å². The summed E-state index contributed by atoms with van der Waals surface area (Å²) in [6.07, 6.45) is 47.1. The fraction of sp³-hybridized carbons (Fsp3) is 0.804. The van der Waals surface area contributed by atoms with Gasteiger partial charge in [-0.1, -0.05) is 197 Å². The van der Waals surface area contributed by atoms with Gasteiger partial charge in [-0.3, -0.25) is 13.8 Å². The SMILES string of the molecule is CCCCCC/C=C\C/C=C\CCCCCCCCCCOCC(COP(=O)(O)OC1C(O)C(O)C(O)C(O)C1O)OC(=O)CCCCCCCCCC/C=C\C/C=C\C/C=C\CCCCCCC. The van der Waals surface area contributed by atoms with Gasteiger partial charge in [-0.25, -0.2) is 4.57 Å². The largest absolute Gasteiger partial charge is 0.472 e. The van der Waals surface area contributed by atoms with Crippen molar-refractivity contribution in [2.45, 2.75) is 268 Å². The second-order valence-corrected chi connectivity index (χ2v) is 20.5. The smallest absolute Gasteiger partial charge is 0.457 e. The van der Waals surface area contributed by atoms with Crippen LogP contribution in [0.1, 0.15) is 226 Å². The van der Waals surface area contributed by atoms with E-state index in [2.05, 4.69) is 74.6 Å². The molecule has 1 rings (SSSR count). The third kappa shape index (κ3) is 37.5. The summed E-state index contributed by atoms with van der Waals surface area (Å²) < 4.78 is 34.4. The third-order valence-corrected chi connectivity index (χ3v) is 13.6. The molecule has 6 unspecified atom stereocenters. The van der Waals surface area contributed by atoms with Crippen LogP contribution in [0, 0.1) is 0 Å². The fourth-order valence-electron chi connectivity index (χ4n) is 8.22. The molecule has 1 aliphatic carbocycles. The van der Waals surface area contributed by atoms with E-state index in [1.807, 2.05) is 0 Å². The fourth-order valence-corrected chi connectivity index (χ4v) is 9.19. The number of ether oxygens (including phenoxy) is 2. The summed E-state index contributed by atoms with van der Waals surface area (Å²) in [5.74, 6) is -0.486. The number of phosphoric acid groups is 1. The van der Waals surface area contributed by atoms with Gasteiger partial charge >= 0.3 is 13.8 Å². The Bertz CT molecular complexity index is 1370. The number of unbranched alkanes of at least 4 members (excludes halogenated alkanes) is 25. The van der Waals surface area contributed by atoms with Crippen molar-refractivity contribution < 1.29 is 58.3 Å². The lowest BCUT2D eigenvalue weighted by atomic mass is 9.85. The molecule has 0 amide bonds. The van der Waals surface area contributed by atoms with Crippen LogP contribution in [0.15, 0.2) is 60.8 Å². The molecule has 0 spiro atoms. The monoisotopic (exact) mass is 997 g/mol. The Labute approximate surface area is 419 Å². The molecule has 0 radical (unpaired) electrons. The molecule has 402 valence electrons. The van der Waals surface area contributed by atoms with E-state index in [-0.39, 0.29) is 13.0 Å². The van der Waals surface area contributed by atoms with E-state index in [1.54, 1.807) is 0 Å². The lowest BCUT2D eigenvalue weighted by molar-refractivity contribution is -0.220. The zero-order chi connectivity index (χ0) is 50.5. The van der Waals surface area contributed by atoms with Crippen LogP contribution in [0.3, 0.4) is 0 Å². The molecule has 1 aliphatic rings. The average molecular weight is 997 g/mol. The second kappa shape index (κ2) is 45.9. The first-order valence-corrected chi connectivity index (χ1v) is 29.1. The molecule has 1 fully saturated rings. The topological polar surface area (TPSA) is 192 Å². The highest BCUT2D eigenvalue weighted by molar-refractivity contribution is 7.47. The molecule has 0 aromatic heterocycles. The molecule has 6 N–H and O–H groups in total. The lowest BCUT2D eigenvalue weighted by Crippen LogP contribution is -2.64. The van der Waals surface area contributed by atoms with Crippen LogP contribution < -0.4 is 0 Å². The van der Waals surface area contributed by atoms with Crippen molar-refractivity contribution in [2.75, 3.05) is 19.8 Å². The minimum absolute atomic E-state index is 0.0854. The molecular formula is C56H101O12P. The highest BCUT2D eigenvalue weighted by Crippen LogP contribution is 2.47. The van der Waals surface area contributed by atoms with Gasteiger partial charge in [0, 0.05) is 13.0 Å². The highest BCUT2D eigenvalue weighted by atomic mass is 31.2. The quantitative estimate of drug-likeness (QED) is 0.0147. The lowest BCUT2D eigenvalue weighted by Gasteiger charge is -2.41. The van der Waals surface area contributed by atoms with Crippen molar-refractivity contribution in [1.29, 1.82) is 0 Å². The summed E-state index contributed by atoms with van der Waals surface area (Å²) in [7, 11) is -5.03. The number of rotatable bonds is 47. The first-order chi connectivity index (χ1) is 33.5. The molecular weight excluding hydrogens is 896 g/mol. The minimum atomic E-state index is -5.03. The standard InChI is InChI=1S/C56H101O12P/c1-3-5-7-9-11-13-15-17-19-21-23-24-25-26-27-29-31-33-35-37-39-41-43-45-50(57)67-49(48-66-69(63,64)68-56-54(61)52(59)51(58)53(60)55(56)62)47-65-46-44-42-40-38-36-34-32-30-28-22-20-18-16-14-12-10-8-6-4-2/h14-17,20-23,25-26,49,51-56,58-62H,3-13,18-19,24,27-48H2,1-2H3,(H,63,64)/b16-14-,17-15-,22-20-,23-21-,26-25-. The maximum Gasteiger partial charge on any atom is 0.472 e. The van der Waals surface area contributed by atoms with Crippen molar-refractivity contribution in [1.82, 2.24) is 0 Å². The van der Waals surface area contributed by atoms with Gasteiger partial charge in [0.05, 0.1) is 13.2 Å². The normalized spacial score (nSPS) is 21.4. The van der Waals surface area contributed by atoms with Gasteiger partial charge in [-0.2, -0.15) is 0 Å². The zero-order valence-electron chi connectivity index (χ0n) is 43.4. The van der Waals surface area contributed by atoms with Gasteiger partial charge in [0.2, 0.25) is 0 Å². The number of allylic oxidation sites excluding steroid dienone is 10. The molecule has 0 aromatic rings. The van der Waals surface area contributed by atoms with E-state index >= 15 is 0 Å². The predicted molar refractivity (Wildman–Crippen MR) is 281 cm³/mol. The number of hydrogen-bond donors (Lipinski definition) is 6. The van der Waals surface area contributed by atoms with Crippen LogP contribution >= 0.6 is 7.82 Å². The van der Waals surface area contributed by atoms with E-state index in [4.69, 9.17) is 18.5 Å². The average Bonchev–Trinajstić information content (AvgIpc) is 3.34. The maximum absolute atomic E-state index is 12.9. The van der Waals surface area contributed by atoms with Crippen molar-refractivity contribution in [2.24, 2.45) is 0 Å². The number of aliphatic hydroxyl groups excluding tert-OH is 5. The Morgan fingerprint density at radius 3 is 1.25 bits per heavy atom. The van der Waals surface area contributed by atoms with E-state index in [9.17, 15) is 39.8 Å². The van der Waals surface area contributed by atoms with Crippen molar-refractivity contribution in [3.05, 3.63) is 60.8 Å². The van der Waals surface area contributed by atoms with Crippen LogP contribution in [-0.2, 0) is 27.9 Å². The summed E-state index contributed by atoms with van der Waals surface area (Å²) in [5, 5.41) is 50.4. The van der Waals surface area contributed by atoms with Crippen molar-refractivity contribution in [3.8, 4) is 0 Å². The number of esters is 1. The zero-order valence-corrected chi connectivity index (χ0v) is 44.2. The van der Waals surface area contributed by atoms with Crippen LogP contribution in [-0.4, -0.2) is 98.9 Å². The van der Waals surface area contributed by atoms with Crippen LogP contribution in [0.25, 0.3) is 0 Å². The molecule has 13 heteroatoms. The molecule has 0 aliphatic heterocycles. The summed E-state index contributed by atoms with van der Waals surface area (Å²) in [6.45, 7) is 4.23. The number of carbonyl (C=O) groups is 1. The second-order valence-electron chi connectivity index (χ2n) is 19.1. The molecule has 12 nitrogen and oxygen atoms in total. The van der Waals surface area contributed by atoms with Crippen molar-refractivity contribution in [3.63, 3.8) is 0 Å². The molecule has 1 saturated carbocycles. The van der Waals surface area contributed by atoms with Gasteiger partial charge in [0.1, 0.15) is 42.7 Å². The highest BCUT2D eigenvalue weighted by Gasteiger charge is 2.51. The number of carbonyl (C=O) groups excluding carboxylic acids is 1. The predicted octanol–water partition coefficient (Wildman–Crippen LogP) is 12.9. The molecule has 0 aromatic carbocycles.